The molecule has 2 heterocycles. The molecular formula is C16H19BrN4O. The number of hydrogen-bond donors (Lipinski definition) is 1. The fourth-order valence-corrected chi connectivity index (χ4v) is 2.91. The third-order valence-electron chi connectivity index (χ3n) is 3.76. The van der Waals surface area contributed by atoms with E-state index in [1.807, 2.05) is 0 Å². The molecule has 1 aromatic heterocycles. The van der Waals surface area contributed by atoms with Crippen molar-refractivity contribution < 1.29 is 4.74 Å². The van der Waals surface area contributed by atoms with Gasteiger partial charge in [-0.25, -0.2) is 4.98 Å². The van der Waals surface area contributed by atoms with E-state index in [0.29, 0.717) is 17.9 Å². The van der Waals surface area contributed by atoms with Crippen LogP contribution in [0.25, 0.3) is 0 Å². The van der Waals surface area contributed by atoms with Crippen LogP contribution in [0, 0.1) is 0 Å². The molecule has 3 rings (SSSR count). The first kappa shape index (κ1) is 15.2. The molecule has 6 heteroatoms. The van der Waals surface area contributed by atoms with Crippen molar-refractivity contribution in [2.45, 2.75) is 19.0 Å². The van der Waals surface area contributed by atoms with Gasteiger partial charge in [0.25, 0.3) is 0 Å². The van der Waals surface area contributed by atoms with E-state index in [2.05, 4.69) is 60.4 Å². The molecule has 1 saturated heterocycles. The van der Waals surface area contributed by atoms with Crippen molar-refractivity contribution in [3.63, 3.8) is 0 Å². The van der Waals surface area contributed by atoms with Gasteiger partial charge in [0.15, 0.2) is 0 Å². The predicted molar refractivity (Wildman–Crippen MR) is 90.0 cm³/mol. The average Bonchev–Trinajstić information content (AvgIpc) is 2.97. The van der Waals surface area contributed by atoms with Crippen LogP contribution >= 0.6 is 15.9 Å². The van der Waals surface area contributed by atoms with Gasteiger partial charge in [0.2, 0.25) is 11.8 Å². The molecule has 1 aromatic carbocycles. The lowest BCUT2D eigenvalue weighted by Gasteiger charge is -2.17. The third kappa shape index (κ3) is 3.96. The molecule has 0 bridgehead atoms. The molecule has 1 aliphatic heterocycles. The number of anilines is 1. The first-order valence-electron chi connectivity index (χ1n) is 7.33. The monoisotopic (exact) mass is 362 g/mol. The summed E-state index contributed by atoms with van der Waals surface area (Å²) in [5.74, 6) is 1.22. The van der Waals surface area contributed by atoms with Gasteiger partial charge >= 0.3 is 0 Å². The zero-order valence-electron chi connectivity index (χ0n) is 12.5. The molecule has 0 amide bonds. The molecule has 1 unspecified atom stereocenters. The SMILES string of the molecule is COc1ccnc(NC2CCN(Cc3ccc(Br)cc3)C2)n1. The molecule has 2 aromatic rings. The molecule has 1 aliphatic rings. The number of aromatic nitrogens is 2. The molecule has 0 spiro atoms. The van der Waals surface area contributed by atoms with E-state index in [0.717, 1.165) is 30.5 Å². The van der Waals surface area contributed by atoms with Crippen molar-refractivity contribution in [3.05, 3.63) is 46.6 Å². The topological polar surface area (TPSA) is 50.3 Å². The van der Waals surface area contributed by atoms with Crippen LogP contribution in [0.4, 0.5) is 5.95 Å². The summed E-state index contributed by atoms with van der Waals surface area (Å²) in [6.07, 6.45) is 2.81. The standard InChI is InChI=1S/C16H19BrN4O/c1-22-15-6-8-18-16(20-15)19-14-7-9-21(11-14)10-12-2-4-13(17)5-3-12/h2-6,8,14H,7,9-11H2,1H3,(H,18,19,20). The second-order valence-corrected chi connectivity index (χ2v) is 6.33. The first-order valence-corrected chi connectivity index (χ1v) is 8.12. The predicted octanol–water partition coefficient (Wildman–Crippen LogP) is 2.93. The number of hydrogen-bond acceptors (Lipinski definition) is 5. The number of rotatable bonds is 5. The Morgan fingerprint density at radius 1 is 1.32 bits per heavy atom. The number of nitrogens with one attached hydrogen (secondary N) is 1. The number of nitrogens with zero attached hydrogens (tertiary/aromatic N) is 3. The summed E-state index contributed by atoms with van der Waals surface area (Å²) in [6, 6.07) is 10.6. The molecule has 0 aliphatic carbocycles. The summed E-state index contributed by atoms with van der Waals surface area (Å²) < 4.78 is 6.24. The van der Waals surface area contributed by atoms with E-state index in [9.17, 15) is 0 Å². The Balaban J connectivity index is 1.54. The number of benzene rings is 1. The zero-order valence-corrected chi connectivity index (χ0v) is 14.1. The third-order valence-corrected chi connectivity index (χ3v) is 4.29. The van der Waals surface area contributed by atoms with Gasteiger partial charge in [-0.05, 0) is 24.1 Å². The van der Waals surface area contributed by atoms with Crippen LogP contribution < -0.4 is 10.1 Å². The van der Waals surface area contributed by atoms with Gasteiger partial charge in [-0.3, -0.25) is 4.90 Å². The molecule has 116 valence electrons. The Bertz CT molecular complexity index is 620. The summed E-state index contributed by atoms with van der Waals surface area (Å²) in [5, 5.41) is 3.39. The lowest BCUT2D eigenvalue weighted by molar-refractivity contribution is 0.328. The second kappa shape index (κ2) is 7.07. The summed E-state index contributed by atoms with van der Waals surface area (Å²) in [7, 11) is 1.61. The fourth-order valence-electron chi connectivity index (χ4n) is 2.65. The number of ether oxygens (including phenoxy) is 1. The minimum absolute atomic E-state index is 0.377. The first-order chi connectivity index (χ1) is 10.7. The Hall–Kier alpha value is -1.66. The van der Waals surface area contributed by atoms with E-state index in [1.165, 1.54) is 5.56 Å². The van der Waals surface area contributed by atoms with E-state index in [-0.39, 0.29) is 0 Å². The highest BCUT2D eigenvalue weighted by Gasteiger charge is 2.23. The van der Waals surface area contributed by atoms with Crippen LogP contribution in [0.15, 0.2) is 41.0 Å². The van der Waals surface area contributed by atoms with Gasteiger partial charge in [-0.15, -0.1) is 0 Å². The van der Waals surface area contributed by atoms with Crippen LogP contribution in [0.1, 0.15) is 12.0 Å². The van der Waals surface area contributed by atoms with Crippen molar-refractivity contribution in [2.75, 3.05) is 25.5 Å². The van der Waals surface area contributed by atoms with Crippen molar-refractivity contribution >= 4 is 21.9 Å². The molecule has 1 fully saturated rings. The van der Waals surface area contributed by atoms with E-state index in [4.69, 9.17) is 4.74 Å². The molecular weight excluding hydrogens is 344 g/mol. The van der Waals surface area contributed by atoms with Gasteiger partial charge < -0.3 is 10.1 Å². The Kier molecular flexibility index (Phi) is 4.90. The van der Waals surface area contributed by atoms with Crippen molar-refractivity contribution in [1.29, 1.82) is 0 Å². The highest BCUT2D eigenvalue weighted by Crippen LogP contribution is 2.18. The zero-order chi connectivity index (χ0) is 15.4. The Morgan fingerprint density at radius 3 is 2.91 bits per heavy atom. The molecule has 0 saturated carbocycles. The number of methoxy groups -OCH3 is 1. The molecule has 22 heavy (non-hydrogen) atoms. The minimum atomic E-state index is 0.377. The van der Waals surface area contributed by atoms with Crippen LogP contribution in [0.2, 0.25) is 0 Å². The van der Waals surface area contributed by atoms with E-state index >= 15 is 0 Å². The summed E-state index contributed by atoms with van der Waals surface area (Å²) in [6.45, 7) is 3.05. The van der Waals surface area contributed by atoms with Crippen molar-refractivity contribution in [3.8, 4) is 5.88 Å². The van der Waals surface area contributed by atoms with Crippen molar-refractivity contribution in [2.24, 2.45) is 0 Å². The maximum Gasteiger partial charge on any atom is 0.226 e. The second-order valence-electron chi connectivity index (χ2n) is 5.41. The summed E-state index contributed by atoms with van der Waals surface area (Å²) >= 11 is 3.47. The maximum absolute atomic E-state index is 5.12. The lowest BCUT2D eigenvalue weighted by atomic mass is 10.2. The molecule has 0 radical (unpaired) electrons. The van der Waals surface area contributed by atoms with Gasteiger partial charge in [-0.2, -0.15) is 4.98 Å². The van der Waals surface area contributed by atoms with Gasteiger partial charge in [0, 0.05) is 42.4 Å². The Morgan fingerprint density at radius 2 is 2.14 bits per heavy atom. The lowest BCUT2D eigenvalue weighted by Crippen LogP contribution is -2.26. The molecule has 1 N–H and O–H groups in total. The van der Waals surface area contributed by atoms with Crippen LogP contribution in [0.3, 0.4) is 0 Å². The molecule has 1 atom stereocenters. The van der Waals surface area contributed by atoms with Crippen LogP contribution in [-0.4, -0.2) is 41.1 Å². The quantitative estimate of drug-likeness (QED) is 0.885. The van der Waals surface area contributed by atoms with Crippen LogP contribution in [0.5, 0.6) is 5.88 Å². The Labute approximate surface area is 138 Å². The van der Waals surface area contributed by atoms with Gasteiger partial charge in [-0.1, -0.05) is 28.1 Å². The summed E-state index contributed by atoms with van der Waals surface area (Å²) in [4.78, 5) is 11.0. The highest BCUT2D eigenvalue weighted by atomic mass is 79.9. The van der Waals surface area contributed by atoms with E-state index < -0.39 is 0 Å². The molecule has 5 nitrogen and oxygen atoms in total. The fraction of sp³-hybridized carbons (Fsp3) is 0.375. The highest BCUT2D eigenvalue weighted by molar-refractivity contribution is 9.10. The summed E-state index contributed by atoms with van der Waals surface area (Å²) in [5.41, 5.74) is 1.33. The maximum atomic E-state index is 5.12. The average molecular weight is 363 g/mol. The normalized spacial score (nSPS) is 18.4. The van der Waals surface area contributed by atoms with Crippen molar-refractivity contribution in [1.82, 2.24) is 14.9 Å². The van der Waals surface area contributed by atoms with Crippen LogP contribution in [-0.2, 0) is 6.54 Å². The van der Waals surface area contributed by atoms with Gasteiger partial charge in [0.1, 0.15) is 0 Å². The van der Waals surface area contributed by atoms with Gasteiger partial charge in [0.05, 0.1) is 7.11 Å². The minimum Gasteiger partial charge on any atom is -0.481 e. The largest absolute Gasteiger partial charge is 0.481 e. The number of likely N-dealkylation sites (tertiary alicyclic amines) is 1. The number of halogens is 1. The smallest absolute Gasteiger partial charge is 0.226 e. The van der Waals surface area contributed by atoms with E-state index in [1.54, 1.807) is 19.4 Å².